The maximum atomic E-state index is 13.3. The number of ether oxygens (including phenoxy) is 4. The Morgan fingerprint density at radius 1 is 0.897 bits per heavy atom. The zero-order chi connectivity index (χ0) is 28.8. The average molecular weight is 637 g/mol. The molecule has 0 bridgehead atoms. The van der Waals surface area contributed by atoms with Crippen LogP contribution >= 0.6 is 34.8 Å². The maximum Gasteiger partial charge on any atom is 0.523 e. The smallest absolute Gasteiger partial charge is 0.475 e. The third kappa shape index (κ3) is 8.90. The van der Waals surface area contributed by atoms with E-state index in [1.807, 2.05) is 0 Å². The number of nitrogens with one attached hydrogen (secondary N) is 1. The number of hydrogen-bond donors (Lipinski definition) is 2. The second-order valence-corrected chi connectivity index (χ2v) is 12.0. The Kier molecular flexibility index (Phi) is 10.9. The van der Waals surface area contributed by atoms with Gasteiger partial charge in [-0.05, 0) is 11.1 Å². The number of benzene rings is 2. The van der Waals surface area contributed by atoms with Crippen molar-refractivity contribution in [1.29, 1.82) is 5.41 Å². The molecule has 0 spiro atoms. The minimum absolute atomic E-state index is 0.144. The summed E-state index contributed by atoms with van der Waals surface area (Å²) in [5.74, 6) is -0.938. The molecular weight excluding hydrogens is 614 g/mol. The Morgan fingerprint density at radius 2 is 1.38 bits per heavy atom. The number of hydrogen-bond acceptors (Lipinski definition) is 9. The number of alkyl halides is 6. The average Bonchev–Trinajstić information content (AvgIpc) is 2.86. The third-order valence-corrected chi connectivity index (χ3v) is 6.91. The van der Waals surface area contributed by atoms with Crippen LogP contribution in [0, 0.1) is 5.41 Å². The van der Waals surface area contributed by atoms with Gasteiger partial charge in [0, 0.05) is 0 Å². The first-order valence-corrected chi connectivity index (χ1v) is 13.7. The predicted molar refractivity (Wildman–Crippen MR) is 135 cm³/mol. The van der Waals surface area contributed by atoms with Gasteiger partial charge < -0.3 is 24.1 Å². The minimum atomic E-state index is -6.21. The summed E-state index contributed by atoms with van der Waals surface area (Å²) in [5.41, 5.74) is -4.60. The zero-order valence-corrected chi connectivity index (χ0v) is 22.8. The monoisotopic (exact) mass is 635 g/mol. The fourth-order valence-corrected chi connectivity index (χ4v) is 4.29. The topological polar surface area (TPSA) is 124 Å². The molecule has 1 aliphatic rings. The van der Waals surface area contributed by atoms with Crippen molar-refractivity contribution in [2.45, 2.75) is 53.2 Å². The van der Waals surface area contributed by atoms with E-state index in [2.05, 4.69) is 4.18 Å². The van der Waals surface area contributed by atoms with E-state index in [1.165, 1.54) is 0 Å². The van der Waals surface area contributed by atoms with E-state index in [0.29, 0.717) is 11.1 Å². The second kappa shape index (κ2) is 13.3. The molecule has 0 unspecified atom stereocenters. The highest BCUT2D eigenvalue weighted by atomic mass is 35.6. The molecule has 1 saturated heterocycles. The van der Waals surface area contributed by atoms with Crippen LogP contribution in [0.4, 0.5) is 13.2 Å². The Morgan fingerprint density at radius 3 is 1.85 bits per heavy atom. The van der Waals surface area contributed by atoms with Gasteiger partial charge in [0.2, 0.25) is 5.90 Å². The van der Waals surface area contributed by atoms with Crippen molar-refractivity contribution in [3.05, 3.63) is 71.8 Å². The molecule has 16 heteroatoms. The zero-order valence-electron chi connectivity index (χ0n) is 19.8. The number of halogens is 6. The van der Waals surface area contributed by atoms with Crippen LogP contribution in [0.2, 0.25) is 0 Å². The number of aliphatic hydroxyl groups excluding tert-OH is 1. The molecule has 1 aliphatic heterocycles. The SMILES string of the molecule is N=C(OC[C@H]1O[C@H](O)[C@H](OCc2ccccc2)[C@@H](OCc2ccccc2)[C@@H]1OS(=O)(=O)C(F)(F)F)C(Cl)(Cl)Cl. The lowest BCUT2D eigenvalue weighted by Crippen LogP contribution is -2.62. The van der Waals surface area contributed by atoms with E-state index in [-0.39, 0.29) is 13.2 Å². The van der Waals surface area contributed by atoms with Crippen LogP contribution in [0.15, 0.2) is 60.7 Å². The molecule has 1 heterocycles. The lowest BCUT2D eigenvalue weighted by molar-refractivity contribution is -0.303. The van der Waals surface area contributed by atoms with Crippen molar-refractivity contribution < 1.29 is 49.8 Å². The molecule has 216 valence electrons. The first-order valence-electron chi connectivity index (χ1n) is 11.1. The first-order chi connectivity index (χ1) is 18.2. The van der Waals surface area contributed by atoms with Crippen LogP contribution in [0.1, 0.15) is 11.1 Å². The lowest BCUT2D eigenvalue weighted by Gasteiger charge is -2.43. The summed E-state index contributed by atoms with van der Waals surface area (Å²) in [6, 6.07) is 17.0. The van der Waals surface area contributed by atoms with Crippen molar-refractivity contribution in [3.63, 3.8) is 0 Å². The van der Waals surface area contributed by atoms with Gasteiger partial charge in [-0.2, -0.15) is 21.6 Å². The molecule has 0 saturated carbocycles. The van der Waals surface area contributed by atoms with Crippen molar-refractivity contribution in [3.8, 4) is 0 Å². The lowest BCUT2D eigenvalue weighted by atomic mass is 9.98. The highest BCUT2D eigenvalue weighted by molar-refractivity contribution is 7.87. The minimum Gasteiger partial charge on any atom is -0.475 e. The summed E-state index contributed by atoms with van der Waals surface area (Å²) in [6.45, 7) is -1.22. The van der Waals surface area contributed by atoms with Gasteiger partial charge in [0.05, 0.1) is 13.2 Å². The van der Waals surface area contributed by atoms with Crippen molar-refractivity contribution in [2.75, 3.05) is 6.61 Å². The Hall–Kier alpha value is -1.68. The van der Waals surface area contributed by atoms with Gasteiger partial charge in [0.25, 0.3) is 3.79 Å². The van der Waals surface area contributed by atoms with Crippen LogP contribution in [0.25, 0.3) is 0 Å². The van der Waals surface area contributed by atoms with Gasteiger partial charge in [-0.25, -0.2) is 0 Å². The molecule has 0 radical (unpaired) electrons. The Balaban J connectivity index is 1.95. The molecule has 2 N–H and O–H groups in total. The summed E-state index contributed by atoms with van der Waals surface area (Å²) < 4.78 is 88.1. The van der Waals surface area contributed by atoms with E-state index < -0.39 is 62.6 Å². The number of rotatable bonds is 10. The molecule has 1 fully saturated rings. The maximum absolute atomic E-state index is 13.3. The normalized spacial score (nSPS) is 24.3. The first kappa shape index (κ1) is 31.8. The molecule has 0 aromatic heterocycles. The summed E-state index contributed by atoms with van der Waals surface area (Å²) >= 11 is 16.7. The summed E-state index contributed by atoms with van der Waals surface area (Å²) in [6.07, 6.45) is -8.84. The standard InChI is InChI=1S/C23H23Cl3F3NO8S/c24-22(25,26)21(30)36-13-16-17(38-39(32,33)23(27,28)29)18(34-11-14-7-3-1-4-8-14)19(20(31)37-16)35-12-15-9-5-2-6-10-15/h1-10,16-20,30-31H,11-13H2/t16-,17-,18+,19-,20+/m1/s1. The van der Waals surface area contributed by atoms with E-state index >= 15 is 0 Å². The van der Waals surface area contributed by atoms with Gasteiger partial charge in [0.15, 0.2) is 6.29 Å². The van der Waals surface area contributed by atoms with Crippen LogP contribution in [0.5, 0.6) is 0 Å². The quantitative estimate of drug-likeness (QED) is 0.129. The molecule has 39 heavy (non-hydrogen) atoms. The Bertz CT molecular complexity index is 1190. The van der Waals surface area contributed by atoms with Crippen LogP contribution in [-0.4, -0.2) is 66.0 Å². The van der Waals surface area contributed by atoms with Crippen LogP contribution in [0.3, 0.4) is 0 Å². The molecule has 0 amide bonds. The largest absolute Gasteiger partial charge is 0.523 e. The van der Waals surface area contributed by atoms with Crippen LogP contribution in [-0.2, 0) is 46.5 Å². The van der Waals surface area contributed by atoms with Crippen molar-refractivity contribution >= 4 is 50.8 Å². The highest BCUT2D eigenvalue weighted by Gasteiger charge is 2.55. The Labute approximate surface area is 237 Å². The fourth-order valence-electron chi connectivity index (χ4n) is 3.49. The summed E-state index contributed by atoms with van der Waals surface area (Å²) in [7, 11) is -6.21. The molecule has 2 aromatic carbocycles. The van der Waals surface area contributed by atoms with Gasteiger partial charge in [-0.3, -0.25) is 9.59 Å². The van der Waals surface area contributed by atoms with Gasteiger partial charge >= 0.3 is 15.6 Å². The van der Waals surface area contributed by atoms with Gasteiger partial charge in [0.1, 0.15) is 31.0 Å². The van der Waals surface area contributed by atoms with E-state index in [1.54, 1.807) is 60.7 Å². The molecule has 3 rings (SSSR count). The van der Waals surface area contributed by atoms with Crippen molar-refractivity contribution in [1.82, 2.24) is 0 Å². The molecule has 9 nitrogen and oxygen atoms in total. The molecule has 5 atom stereocenters. The van der Waals surface area contributed by atoms with Gasteiger partial charge in [-0.1, -0.05) is 95.5 Å². The van der Waals surface area contributed by atoms with Crippen molar-refractivity contribution in [2.24, 2.45) is 0 Å². The van der Waals surface area contributed by atoms with E-state index in [9.17, 15) is 26.7 Å². The fraction of sp³-hybridized carbons (Fsp3) is 0.435. The molecule has 0 aliphatic carbocycles. The highest BCUT2D eigenvalue weighted by Crippen LogP contribution is 2.35. The third-order valence-electron chi connectivity index (χ3n) is 5.35. The summed E-state index contributed by atoms with van der Waals surface area (Å²) in [4.78, 5) is 0. The second-order valence-electron chi connectivity index (χ2n) is 8.19. The van der Waals surface area contributed by atoms with Crippen LogP contribution < -0.4 is 0 Å². The number of aliphatic hydroxyl groups is 1. The van der Waals surface area contributed by atoms with Gasteiger partial charge in [-0.15, -0.1) is 0 Å². The van der Waals surface area contributed by atoms with E-state index in [0.717, 1.165) is 0 Å². The molecular formula is C23H23Cl3F3NO8S. The summed E-state index contributed by atoms with van der Waals surface area (Å²) in [5, 5.41) is 18.4. The molecule has 2 aromatic rings. The predicted octanol–water partition coefficient (Wildman–Crippen LogP) is 4.47. The van der Waals surface area contributed by atoms with E-state index in [4.69, 9.17) is 59.2 Å².